The summed E-state index contributed by atoms with van der Waals surface area (Å²) >= 11 is 0. The van der Waals surface area contributed by atoms with E-state index in [2.05, 4.69) is 0 Å². The summed E-state index contributed by atoms with van der Waals surface area (Å²) < 4.78 is 25.8. The molecule has 0 fully saturated rings. The zero-order valence-corrected chi connectivity index (χ0v) is 12.2. The van der Waals surface area contributed by atoms with Crippen molar-refractivity contribution in [1.82, 2.24) is 4.31 Å². The lowest BCUT2D eigenvalue weighted by molar-refractivity contribution is 0.0865. The van der Waals surface area contributed by atoms with Gasteiger partial charge in [0.2, 0.25) is 0 Å². The predicted octanol–water partition coefficient (Wildman–Crippen LogP) is 1.92. The largest absolute Gasteiger partial charge is 0.399 e. The Bertz CT molecular complexity index is 844. The van der Waals surface area contributed by atoms with Crippen LogP contribution in [0.1, 0.15) is 21.5 Å². The van der Waals surface area contributed by atoms with Gasteiger partial charge in [-0.25, -0.2) is 12.7 Å². The number of hydrogen-bond donors (Lipinski definition) is 1. The van der Waals surface area contributed by atoms with Crippen LogP contribution in [0.4, 0.5) is 5.69 Å². The topological polar surface area (TPSA) is 80.5 Å². The molecule has 3 rings (SSSR count). The number of nitrogen functional groups attached to an aromatic ring is 1. The van der Waals surface area contributed by atoms with Gasteiger partial charge in [0.25, 0.3) is 15.9 Å². The van der Waals surface area contributed by atoms with Gasteiger partial charge in [0.1, 0.15) is 4.90 Å². The second-order valence-corrected chi connectivity index (χ2v) is 6.78. The number of nitrogens with zero attached hydrogens (tertiary/aromatic N) is 1. The molecule has 0 atom stereocenters. The Kier molecular flexibility index (Phi) is 2.98. The van der Waals surface area contributed by atoms with Crippen molar-refractivity contribution in [3.63, 3.8) is 0 Å². The van der Waals surface area contributed by atoms with Crippen LogP contribution in [0.5, 0.6) is 0 Å². The van der Waals surface area contributed by atoms with Crippen molar-refractivity contribution >= 4 is 21.6 Å². The van der Waals surface area contributed by atoms with E-state index in [9.17, 15) is 13.2 Å². The van der Waals surface area contributed by atoms with Gasteiger partial charge in [-0.2, -0.15) is 0 Å². The van der Waals surface area contributed by atoms with Gasteiger partial charge in [-0.05, 0) is 36.2 Å². The number of sulfonamides is 1. The first kappa shape index (κ1) is 13.6. The van der Waals surface area contributed by atoms with Gasteiger partial charge in [-0.1, -0.05) is 24.3 Å². The third kappa shape index (κ3) is 1.99. The number of benzene rings is 2. The highest BCUT2D eigenvalue weighted by atomic mass is 32.2. The fourth-order valence-corrected chi connectivity index (χ4v) is 3.96. The Morgan fingerprint density at radius 3 is 2.52 bits per heavy atom. The number of rotatable bonds is 2. The van der Waals surface area contributed by atoms with E-state index in [1.807, 2.05) is 6.92 Å². The van der Waals surface area contributed by atoms with E-state index in [4.69, 9.17) is 5.73 Å². The number of nitrogens with two attached hydrogens (primary N) is 1. The molecular formula is C15H14N2O3S. The van der Waals surface area contributed by atoms with Crippen molar-refractivity contribution in [2.75, 3.05) is 5.73 Å². The molecule has 1 aliphatic rings. The van der Waals surface area contributed by atoms with Gasteiger partial charge >= 0.3 is 0 Å². The van der Waals surface area contributed by atoms with E-state index in [-0.39, 0.29) is 17.0 Å². The van der Waals surface area contributed by atoms with Gasteiger partial charge in [0.15, 0.2) is 0 Å². The fourth-order valence-electron chi connectivity index (χ4n) is 2.42. The van der Waals surface area contributed by atoms with Crippen molar-refractivity contribution in [3.8, 4) is 0 Å². The van der Waals surface area contributed by atoms with Crippen LogP contribution in [0.25, 0.3) is 0 Å². The number of anilines is 1. The molecule has 2 N–H and O–H groups in total. The molecule has 0 unspecified atom stereocenters. The first-order valence-electron chi connectivity index (χ1n) is 6.43. The summed E-state index contributed by atoms with van der Waals surface area (Å²) in [6, 6.07) is 11.5. The van der Waals surface area contributed by atoms with Gasteiger partial charge in [0.05, 0.1) is 12.1 Å². The molecule has 0 radical (unpaired) electrons. The molecule has 5 nitrogen and oxygen atoms in total. The van der Waals surface area contributed by atoms with Crippen LogP contribution in [0.2, 0.25) is 0 Å². The van der Waals surface area contributed by atoms with Crippen molar-refractivity contribution < 1.29 is 13.2 Å². The summed E-state index contributed by atoms with van der Waals surface area (Å²) in [5.74, 6) is -0.493. The maximum Gasteiger partial charge on any atom is 0.269 e. The van der Waals surface area contributed by atoms with Gasteiger partial charge in [-0.15, -0.1) is 0 Å². The first-order valence-corrected chi connectivity index (χ1v) is 7.87. The number of hydrogen-bond acceptors (Lipinski definition) is 4. The van der Waals surface area contributed by atoms with Crippen LogP contribution in [0.3, 0.4) is 0 Å². The average Bonchev–Trinajstić information content (AvgIpc) is 2.65. The monoisotopic (exact) mass is 302 g/mol. The Hall–Kier alpha value is -2.34. The van der Waals surface area contributed by atoms with Crippen LogP contribution in [0.15, 0.2) is 47.4 Å². The summed E-state index contributed by atoms with van der Waals surface area (Å²) in [4.78, 5) is 12.4. The third-order valence-corrected chi connectivity index (χ3v) is 5.50. The first-order chi connectivity index (χ1) is 9.93. The van der Waals surface area contributed by atoms with E-state index >= 15 is 0 Å². The Balaban J connectivity index is 2.06. The molecule has 0 aromatic heterocycles. The molecule has 21 heavy (non-hydrogen) atoms. The quantitative estimate of drug-likeness (QED) is 0.859. The van der Waals surface area contributed by atoms with E-state index < -0.39 is 15.9 Å². The second kappa shape index (κ2) is 4.60. The minimum Gasteiger partial charge on any atom is -0.399 e. The molecule has 0 saturated carbocycles. The highest BCUT2D eigenvalue weighted by molar-refractivity contribution is 7.90. The van der Waals surface area contributed by atoms with E-state index in [0.29, 0.717) is 5.69 Å². The highest BCUT2D eigenvalue weighted by Crippen LogP contribution is 2.32. The summed E-state index contributed by atoms with van der Waals surface area (Å²) in [6.07, 6.45) is 0. The molecule has 1 amide bonds. The smallest absolute Gasteiger partial charge is 0.269 e. The molecule has 0 spiro atoms. The molecule has 6 heteroatoms. The van der Waals surface area contributed by atoms with Gasteiger partial charge in [0, 0.05) is 5.69 Å². The minimum atomic E-state index is -3.78. The molecule has 2 aromatic carbocycles. The predicted molar refractivity (Wildman–Crippen MR) is 79.1 cm³/mol. The van der Waals surface area contributed by atoms with Crippen LogP contribution in [-0.4, -0.2) is 18.6 Å². The molecule has 1 heterocycles. The summed E-state index contributed by atoms with van der Waals surface area (Å²) in [7, 11) is -3.78. The molecular weight excluding hydrogens is 288 g/mol. The number of fused-ring (bicyclic) bond motifs is 1. The zero-order valence-electron chi connectivity index (χ0n) is 11.4. The number of amides is 1. The number of carbonyl (C=O) groups is 1. The Labute approximate surface area is 123 Å². The van der Waals surface area contributed by atoms with Crippen molar-refractivity contribution in [1.29, 1.82) is 0 Å². The zero-order chi connectivity index (χ0) is 15.2. The summed E-state index contributed by atoms with van der Waals surface area (Å²) in [5.41, 5.74) is 8.14. The molecule has 0 saturated heterocycles. The van der Waals surface area contributed by atoms with E-state index in [1.54, 1.807) is 30.3 Å². The SMILES string of the molecule is Cc1c(N)cccc1CN1C(=O)c2ccccc2S1(=O)=O. The average molecular weight is 302 g/mol. The van der Waals surface area contributed by atoms with Crippen LogP contribution in [0, 0.1) is 6.92 Å². The standard InChI is InChI=1S/C15H14N2O3S/c1-10-11(5-4-7-13(10)16)9-17-15(18)12-6-2-3-8-14(12)21(17,19)20/h2-8H,9,16H2,1H3. The number of carbonyl (C=O) groups excluding carboxylic acids is 1. The van der Waals surface area contributed by atoms with Crippen LogP contribution in [-0.2, 0) is 16.6 Å². The minimum absolute atomic E-state index is 0.00722. The Morgan fingerprint density at radius 1 is 1.10 bits per heavy atom. The van der Waals surface area contributed by atoms with Crippen molar-refractivity contribution in [2.24, 2.45) is 0 Å². The molecule has 0 aliphatic carbocycles. The van der Waals surface area contributed by atoms with Gasteiger partial charge < -0.3 is 5.73 Å². The molecule has 2 aromatic rings. The normalized spacial score (nSPS) is 16.0. The maximum absolute atomic E-state index is 12.5. The summed E-state index contributed by atoms with van der Waals surface area (Å²) in [6.45, 7) is 1.80. The highest BCUT2D eigenvalue weighted by Gasteiger charge is 2.40. The fraction of sp³-hybridized carbons (Fsp3) is 0.133. The maximum atomic E-state index is 12.5. The van der Waals surface area contributed by atoms with Crippen LogP contribution < -0.4 is 5.73 Å². The lowest BCUT2D eigenvalue weighted by atomic mass is 10.1. The lowest BCUT2D eigenvalue weighted by Gasteiger charge is -2.17. The third-order valence-electron chi connectivity index (χ3n) is 3.71. The summed E-state index contributed by atoms with van der Waals surface area (Å²) in [5, 5.41) is 0. The Morgan fingerprint density at radius 2 is 1.81 bits per heavy atom. The molecule has 1 aliphatic heterocycles. The van der Waals surface area contributed by atoms with Crippen molar-refractivity contribution in [2.45, 2.75) is 18.4 Å². The van der Waals surface area contributed by atoms with Crippen molar-refractivity contribution in [3.05, 3.63) is 59.2 Å². The van der Waals surface area contributed by atoms with Crippen LogP contribution >= 0.6 is 0 Å². The van der Waals surface area contributed by atoms with E-state index in [0.717, 1.165) is 15.4 Å². The van der Waals surface area contributed by atoms with E-state index in [1.165, 1.54) is 12.1 Å². The van der Waals surface area contributed by atoms with Gasteiger partial charge in [-0.3, -0.25) is 4.79 Å². The molecule has 108 valence electrons. The lowest BCUT2D eigenvalue weighted by Crippen LogP contribution is -2.29. The second-order valence-electron chi connectivity index (χ2n) is 4.94. The molecule has 0 bridgehead atoms.